The largest absolute Gasteiger partial charge is 0.492 e. The van der Waals surface area contributed by atoms with E-state index in [1.54, 1.807) is 6.92 Å². The molecule has 0 saturated heterocycles. The van der Waals surface area contributed by atoms with Gasteiger partial charge in [0.15, 0.2) is 11.5 Å². The van der Waals surface area contributed by atoms with Gasteiger partial charge in [0.05, 0.1) is 12.7 Å². The van der Waals surface area contributed by atoms with Crippen LogP contribution < -0.4 is 9.47 Å². The molecule has 3 nitrogen and oxygen atoms in total. The number of carbonyl (C=O) groups excluding carboxylic acids is 1. The van der Waals surface area contributed by atoms with Crippen LogP contribution in [0.2, 0.25) is 5.02 Å². The maximum absolute atomic E-state index is 11.1. The highest BCUT2D eigenvalue weighted by molar-refractivity contribution is 6.68. The molecule has 1 aromatic rings. The Balaban J connectivity index is 3.33. The van der Waals surface area contributed by atoms with Gasteiger partial charge in [0.2, 0.25) is 0 Å². The molecule has 0 bridgehead atoms. The van der Waals surface area contributed by atoms with Gasteiger partial charge in [0.25, 0.3) is 5.24 Å². The Morgan fingerprint density at radius 2 is 2.12 bits per heavy atom. The van der Waals surface area contributed by atoms with E-state index < -0.39 is 5.24 Å². The maximum atomic E-state index is 11.1. The maximum Gasteiger partial charge on any atom is 0.256 e. The lowest BCUT2D eigenvalue weighted by molar-refractivity contribution is 0.107. The molecule has 5 heteroatoms. The second kappa shape index (κ2) is 5.64. The molecule has 0 unspecified atom stereocenters. The normalized spacial score (nSPS) is 9.00. The average molecular weight is 259 g/mol. The molecule has 0 amide bonds. The lowest BCUT2D eigenvalue weighted by Crippen LogP contribution is -1.98. The molecule has 0 fully saturated rings. The molecule has 0 aliphatic heterocycles. The summed E-state index contributed by atoms with van der Waals surface area (Å²) in [5.41, 5.74) is 0.143. The molecular weight excluding hydrogens is 251 g/mol. The Labute approximate surface area is 103 Å². The second-order valence-electron chi connectivity index (χ2n) is 2.71. The summed E-state index contributed by atoms with van der Waals surface area (Å²) in [4.78, 5) is 11.1. The molecule has 0 atom stereocenters. The highest BCUT2D eigenvalue weighted by atomic mass is 35.5. The Kier molecular flexibility index (Phi) is 4.48. The van der Waals surface area contributed by atoms with Crippen LogP contribution in [0.3, 0.4) is 0 Å². The van der Waals surface area contributed by atoms with Crippen molar-refractivity contribution in [2.75, 3.05) is 7.11 Å². The minimum atomic E-state index is -0.673. The Hall–Kier alpha value is -1.37. The summed E-state index contributed by atoms with van der Waals surface area (Å²) in [6, 6.07) is 2.90. The molecule has 1 aromatic carbocycles. The zero-order valence-electron chi connectivity index (χ0n) is 8.64. The van der Waals surface area contributed by atoms with Crippen LogP contribution >= 0.6 is 23.2 Å². The van der Waals surface area contributed by atoms with Gasteiger partial charge in [0, 0.05) is 18.0 Å². The minimum absolute atomic E-state index is 0.143. The second-order valence-corrected chi connectivity index (χ2v) is 3.49. The van der Waals surface area contributed by atoms with Gasteiger partial charge < -0.3 is 9.47 Å². The molecule has 0 radical (unpaired) electrons. The summed E-state index contributed by atoms with van der Waals surface area (Å²) < 4.78 is 10.1. The summed E-state index contributed by atoms with van der Waals surface area (Å²) in [5, 5.41) is -0.355. The van der Waals surface area contributed by atoms with Crippen LogP contribution in [-0.4, -0.2) is 12.4 Å². The molecule has 0 spiro atoms. The lowest BCUT2D eigenvalue weighted by atomic mass is 10.2. The van der Waals surface area contributed by atoms with E-state index in [0.717, 1.165) is 0 Å². The first-order valence-corrected chi connectivity index (χ1v) is 5.01. The summed E-state index contributed by atoms with van der Waals surface area (Å²) in [6.07, 6.45) is 2.39. The van der Waals surface area contributed by atoms with Crippen molar-refractivity contribution in [2.45, 2.75) is 6.92 Å². The number of hydrogen-bond donors (Lipinski definition) is 0. The first-order chi connectivity index (χ1) is 7.60. The van der Waals surface area contributed by atoms with Crippen molar-refractivity contribution >= 4 is 28.4 Å². The van der Waals surface area contributed by atoms with Crippen molar-refractivity contribution in [2.24, 2.45) is 0 Å². The summed E-state index contributed by atoms with van der Waals surface area (Å²) >= 11 is 11.2. The fourth-order valence-electron chi connectivity index (χ4n) is 1.11. The number of hydrogen-bond acceptors (Lipinski definition) is 3. The van der Waals surface area contributed by atoms with Crippen LogP contribution in [0.4, 0.5) is 0 Å². The molecule has 0 saturated carbocycles. The Morgan fingerprint density at radius 1 is 1.44 bits per heavy atom. The zero-order valence-corrected chi connectivity index (χ0v) is 10.1. The summed E-state index contributed by atoms with van der Waals surface area (Å²) in [5.74, 6) is 3.02. The van der Waals surface area contributed by atoms with E-state index >= 15 is 0 Å². The Bertz CT molecular complexity index is 472. The molecule has 0 aliphatic carbocycles. The molecule has 0 N–H and O–H groups in total. The van der Waals surface area contributed by atoms with Crippen LogP contribution in [0, 0.1) is 12.0 Å². The van der Waals surface area contributed by atoms with Crippen LogP contribution in [0.25, 0.3) is 0 Å². The van der Waals surface area contributed by atoms with E-state index in [-0.39, 0.29) is 17.1 Å². The molecule has 0 aromatic heterocycles. The predicted molar refractivity (Wildman–Crippen MR) is 62.3 cm³/mol. The molecule has 0 aliphatic rings. The van der Waals surface area contributed by atoms with E-state index in [1.807, 2.05) is 0 Å². The van der Waals surface area contributed by atoms with Gasteiger partial charge in [-0.15, -0.1) is 0 Å². The number of benzene rings is 1. The van der Waals surface area contributed by atoms with E-state index in [2.05, 4.69) is 12.0 Å². The van der Waals surface area contributed by atoms with Gasteiger partial charge in [-0.1, -0.05) is 17.5 Å². The third-order valence-electron chi connectivity index (χ3n) is 1.70. The smallest absolute Gasteiger partial charge is 0.256 e. The highest BCUT2D eigenvalue weighted by Gasteiger charge is 2.17. The van der Waals surface area contributed by atoms with E-state index in [9.17, 15) is 4.79 Å². The van der Waals surface area contributed by atoms with E-state index in [4.69, 9.17) is 32.7 Å². The highest BCUT2D eigenvalue weighted by Crippen LogP contribution is 2.35. The van der Waals surface area contributed by atoms with Gasteiger partial charge in [-0.2, -0.15) is 0 Å². The van der Waals surface area contributed by atoms with Crippen LogP contribution in [0.15, 0.2) is 12.1 Å². The average Bonchev–Trinajstić information content (AvgIpc) is 2.25. The van der Waals surface area contributed by atoms with Gasteiger partial charge >= 0.3 is 0 Å². The number of ether oxygens (including phenoxy) is 2. The van der Waals surface area contributed by atoms with Gasteiger partial charge in [-0.05, 0) is 17.7 Å². The number of methoxy groups -OCH3 is 1. The van der Waals surface area contributed by atoms with E-state index in [0.29, 0.717) is 5.02 Å². The van der Waals surface area contributed by atoms with Crippen molar-refractivity contribution in [3.8, 4) is 23.5 Å². The molecule has 16 heavy (non-hydrogen) atoms. The third kappa shape index (κ3) is 2.82. The standard InChI is InChI=1S/C11H8Cl2O3/c1-3-4-16-9-6-7(12)5-8(11(13)14)10(9)15-2/h5-6H,1-2H3. The minimum Gasteiger partial charge on any atom is -0.492 e. The lowest BCUT2D eigenvalue weighted by Gasteiger charge is -2.09. The van der Waals surface area contributed by atoms with Crippen molar-refractivity contribution in [1.29, 1.82) is 0 Å². The van der Waals surface area contributed by atoms with Crippen LogP contribution in [0.5, 0.6) is 11.5 Å². The van der Waals surface area contributed by atoms with Crippen LogP contribution in [0.1, 0.15) is 17.3 Å². The fourth-order valence-corrected chi connectivity index (χ4v) is 1.46. The van der Waals surface area contributed by atoms with Gasteiger partial charge in [-0.25, -0.2) is 0 Å². The molecule has 1 rings (SSSR count). The SMILES string of the molecule is CC#COc1cc(Cl)cc(C(=O)Cl)c1OC. The summed E-state index contributed by atoms with van der Waals surface area (Å²) in [7, 11) is 1.40. The third-order valence-corrected chi connectivity index (χ3v) is 2.12. The Morgan fingerprint density at radius 3 is 2.62 bits per heavy atom. The fraction of sp³-hybridized carbons (Fsp3) is 0.182. The number of rotatable bonds is 3. The molecule has 84 valence electrons. The quantitative estimate of drug-likeness (QED) is 0.618. The molecule has 0 heterocycles. The predicted octanol–water partition coefficient (Wildman–Crippen LogP) is 3.09. The van der Waals surface area contributed by atoms with Crippen molar-refractivity contribution in [3.63, 3.8) is 0 Å². The van der Waals surface area contributed by atoms with E-state index in [1.165, 1.54) is 19.2 Å². The number of halogens is 2. The topological polar surface area (TPSA) is 35.5 Å². The van der Waals surface area contributed by atoms with Gasteiger partial charge in [0.1, 0.15) is 6.11 Å². The zero-order chi connectivity index (χ0) is 12.1. The van der Waals surface area contributed by atoms with Crippen molar-refractivity contribution in [3.05, 3.63) is 22.7 Å². The first kappa shape index (κ1) is 12.7. The first-order valence-electron chi connectivity index (χ1n) is 4.26. The van der Waals surface area contributed by atoms with Crippen molar-refractivity contribution in [1.82, 2.24) is 0 Å². The summed E-state index contributed by atoms with van der Waals surface area (Å²) in [6.45, 7) is 1.62. The van der Waals surface area contributed by atoms with Crippen LogP contribution in [-0.2, 0) is 0 Å². The monoisotopic (exact) mass is 258 g/mol. The number of carbonyl (C=O) groups is 1. The molecular formula is C11H8Cl2O3. The van der Waals surface area contributed by atoms with Crippen molar-refractivity contribution < 1.29 is 14.3 Å². The van der Waals surface area contributed by atoms with Gasteiger partial charge in [-0.3, -0.25) is 4.79 Å².